The molecular weight excluding hydrogens is 381 g/mol. The Labute approximate surface area is 161 Å². The predicted molar refractivity (Wildman–Crippen MR) is 98.8 cm³/mol. The number of carbonyl (C=O) groups excluding carboxylic acids is 1. The molecule has 1 aromatic rings. The van der Waals surface area contributed by atoms with Crippen molar-refractivity contribution in [2.24, 2.45) is 0 Å². The van der Waals surface area contributed by atoms with Crippen molar-refractivity contribution in [2.45, 2.75) is 37.5 Å². The number of rotatable bonds is 3. The van der Waals surface area contributed by atoms with Gasteiger partial charge in [0.25, 0.3) is 0 Å². The average Bonchev–Trinajstić information content (AvgIpc) is 2.56. The summed E-state index contributed by atoms with van der Waals surface area (Å²) in [6, 6.07) is 4.01. The molecule has 2 fully saturated rings. The van der Waals surface area contributed by atoms with E-state index in [2.05, 4.69) is 5.32 Å². The van der Waals surface area contributed by atoms with Gasteiger partial charge in [0.15, 0.2) is 0 Å². The molecule has 2 amide bonds. The van der Waals surface area contributed by atoms with Crippen LogP contribution in [0, 0.1) is 0 Å². The Hall–Kier alpha value is -1.70. The Morgan fingerprint density at radius 3 is 2.50 bits per heavy atom. The van der Waals surface area contributed by atoms with E-state index in [1.807, 2.05) is 0 Å². The Balaban J connectivity index is 1.73. The zero-order chi connectivity index (χ0) is 18.8. The zero-order valence-electron chi connectivity index (χ0n) is 14.1. The number of hydrogen-bond donors (Lipinski definition) is 3. The molecule has 7 nitrogen and oxygen atoms in total. The van der Waals surface area contributed by atoms with Crippen molar-refractivity contribution in [3.8, 4) is 0 Å². The first-order valence-corrected chi connectivity index (χ1v) is 9.30. The fraction of sp³-hybridized carbons (Fsp3) is 0.529. The molecule has 0 saturated carbocycles. The fourth-order valence-electron chi connectivity index (χ4n) is 3.60. The summed E-state index contributed by atoms with van der Waals surface area (Å²) in [5, 5.41) is 23.6. The lowest BCUT2D eigenvalue weighted by atomic mass is 9.96. The number of aliphatic hydroxyl groups is 1. The van der Waals surface area contributed by atoms with Crippen molar-refractivity contribution in [1.82, 2.24) is 9.80 Å². The summed E-state index contributed by atoms with van der Waals surface area (Å²) in [6.07, 6.45) is -0.0368. The monoisotopic (exact) mass is 401 g/mol. The quantitative estimate of drug-likeness (QED) is 0.723. The van der Waals surface area contributed by atoms with E-state index in [0.29, 0.717) is 35.1 Å². The van der Waals surface area contributed by atoms with Crippen LogP contribution in [0.3, 0.4) is 0 Å². The van der Waals surface area contributed by atoms with E-state index in [9.17, 15) is 19.8 Å². The second-order valence-electron chi connectivity index (χ2n) is 6.68. The minimum atomic E-state index is -1.03. The number of halogens is 2. The number of likely N-dealkylation sites (tertiary alicyclic amines) is 2. The van der Waals surface area contributed by atoms with Gasteiger partial charge in [-0.3, -0.25) is 4.79 Å². The van der Waals surface area contributed by atoms with Gasteiger partial charge in [-0.1, -0.05) is 23.2 Å². The minimum Gasteiger partial charge on any atom is -0.465 e. The first-order valence-electron chi connectivity index (χ1n) is 8.54. The van der Waals surface area contributed by atoms with Crippen LogP contribution in [-0.4, -0.2) is 69.8 Å². The van der Waals surface area contributed by atoms with E-state index in [0.717, 1.165) is 6.42 Å². The molecule has 0 aromatic heterocycles. The standard InChI is InChI=1S/C17H21Cl2N3O4/c18-10-6-11(19)8-12(7-10)20-13-2-1-4-22(16(13)24)14-9-21(17(25)26)5-3-15(14)23/h6-8,13-15,20,23H,1-5,9H2,(H,25,26). The molecule has 2 saturated heterocycles. The molecule has 26 heavy (non-hydrogen) atoms. The van der Waals surface area contributed by atoms with Crippen LogP contribution in [-0.2, 0) is 4.79 Å². The molecule has 2 aliphatic heterocycles. The topological polar surface area (TPSA) is 93.1 Å². The first kappa shape index (κ1) is 19.1. The number of hydrogen-bond acceptors (Lipinski definition) is 4. The SMILES string of the molecule is O=C(O)N1CCC(O)C(N2CCCC(Nc3cc(Cl)cc(Cl)c3)C2=O)C1. The molecule has 142 valence electrons. The molecule has 2 heterocycles. The number of anilines is 1. The number of carboxylic acid groups (broad SMARTS) is 1. The fourth-order valence-corrected chi connectivity index (χ4v) is 4.13. The van der Waals surface area contributed by atoms with Crippen molar-refractivity contribution in [1.29, 1.82) is 0 Å². The van der Waals surface area contributed by atoms with Crippen LogP contribution in [0.1, 0.15) is 19.3 Å². The minimum absolute atomic E-state index is 0.123. The Morgan fingerprint density at radius 2 is 1.85 bits per heavy atom. The van der Waals surface area contributed by atoms with Crippen LogP contribution in [0.15, 0.2) is 18.2 Å². The van der Waals surface area contributed by atoms with Gasteiger partial charge < -0.3 is 25.3 Å². The molecule has 3 rings (SSSR count). The third kappa shape index (κ3) is 4.16. The van der Waals surface area contributed by atoms with Crippen LogP contribution in [0.25, 0.3) is 0 Å². The lowest BCUT2D eigenvalue weighted by Crippen LogP contribution is -2.61. The first-order chi connectivity index (χ1) is 12.3. The van der Waals surface area contributed by atoms with E-state index >= 15 is 0 Å². The van der Waals surface area contributed by atoms with Gasteiger partial charge in [0.2, 0.25) is 5.91 Å². The lowest BCUT2D eigenvalue weighted by molar-refractivity contribution is -0.141. The van der Waals surface area contributed by atoms with Gasteiger partial charge in [-0.05, 0) is 37.5 Å². The maximum absolute atomic E-state index is 12.9. The number of benzene rings is 1. The molecule has 2 aliphatic rings. The summed E-state index contributed by atoms with van der Waals surface area (Å²) in [5.41, 5.74) is 0.652. The summed E-state index contributed by atoms with van der Waals surface area (Å²) in [4.78, 5) is 27.0. The molecule has 9 heteroatoms. The van der Waals surface area contributed by atoms with E-state index in [-0.39, 0.29) is 19.0 Å². The zero-order valence-corrected chi connectivity index (χ0v) is 15.6. The lowest BCUT2D eigenvalue weighted by Gasteiger charge is -2.44. The Kier molecular flexibility index (Phi) is 5.79. The summed E-state index contributed by atoms with van der Waals surface area (Å²) in [6.45, 7) is 0.901. The van der Waals surface area contributed by atoms with E-state index in [4.69, 9.17) is 23.2 Å². The second kappa shape index (κ2) is 7.90. The number of amides is 2. The molecule has 0 spiro atoms. The van der Waals surface area contributed by atoms with Crippen molar-refractivity contribution < 1.29 is 19.8 Å². The molecular formula is C17H21Cl2N3O4. The van der Waals surface area contributed by atoms with Gasteiger partial charge in [-0.2, -0.15) is 0 Å². The predicted octanol–water partition coefficient (Wildman–Crippen LogP) is 2.51. The van der Waals surface area contributed by atoms with Gasteiger partial charge in [-0.25, -0.2) is 4.79 Å². The van der Waals surface area contributed by atoms with Gasteiger partial charge in [0.05, 0.1) is 12.1 Å². The van der Waals surface area contributed by atoms with Gasteiger partial charge in [-0.15, -0.1) is 0 Å². The van der Waals surface area contributed by atoms with Crippen LogP contribution in [0.5, 0.6) is 0 Å². The Bertz CT molecular complexity index is 682. The number of piperidine rings is 2. The third-order valence-corrected chi connectivity index (χ3v) is 5.33. The molecule has 3 unspecified atom stereocenters. The maximum atomic E-state index is 12.9. The third-order valence-electron chi connectivity index (χ3n) is 4.89. The maximum Gasteiger partial charge on any atom is 0.407 e. The summed E-state index contributed by atoms with van der Waals surface area (Å²) in [7, 11) is 0. The highest BCUT2D eigenvalue weighted by molar-refractivity contribution is 6.35. The van der Waals surface area contributed by atoms with Crippen molar-refractivity contribution >= 4 is 40.9 Å². The van der Waals surface area contributed by atoms with Crippen LogP contribution < -0.4 is 5.32 Å². The summed E-state index contributed by atoms with van der Waals surface area (Å²) in [5.74, 6) is -0.149. The highest BCUT2D eigenvalue weighted by Crippen LogP contribution is 2.27. The van der Waals surface area contributed by atoms with Gasteiger partial charge in [0, 0.05) is 35.4 Å². The Morgan fingerprint density at radius 1 is 1.15 bits per heavy atom. The van der Waals surface area contributed by atoms with E-state index in [1.54, 1.807) is 23.1 Å². The highest BCUT2D eigenvalue weighted by atomic mass is 35.5. The van der Waals surface area contributed by atoms with Crippen molar-refractivity contribution in [3.05, 3.63) is 28.2 Å². The number of nitrogens with one attached hydrogen (secondary N) is 1. The molecule has 1 aromatic carbocycles. The number of aliphatic hydroxyl groups excluding tert-OH is 1. The number of nitrogens with zero attached hydrogens (tertiary/aromatic N) is 2. The molecule has 0 radical (unpaired) electrons. The van der Waals surface area contributed by atoms with Crippen LogP contribution in [0.4, 0.5) is 10.5 Å². The smallest absolute Gasteiger partial charge is 0.407 e. The molecule has 3 N–H and O–H groups in total. The normalized spacial score (nSPS) is 26.7. The second-order valence-corrected chi connectivity index (χ2v) is 7.55. The van der Waals surface area contributed by atoms with E-state index in [1.165, 1.54) is 4.90 Å². The summed E-state index contributed by atoms with van der Waals surface area (Å²) >= 11 is 12.0. The highest BCUT2D eigenvalue weighted by Gasteiger charge is 2.40. The van der Waals surface area contributed by atoms with Gasteiger partial charge in [0.1, 0.15) is 6.04 Å². The van der Waals surface area contributed by atoms with E-state index < -0.39 is 24.3 Å². The van der Waals surface area contributed by atoms with Crippen molar-refractivity contribution in [3.63, 3.8) is 0 Å². The van der Waals surface area contributed by atoms with Crippen LogP contribution in [0.2, 0.25) is 10.0 Å². The van der Waals surface area contributed by atoms with Gasteiger partial charge >= 0.3 is 6.09 Å². The number of carbonyl (C=O) groups is 2. The average molecular weight is 402 g/mol. The van der Waals surface area contributed by atoms with Crippen LogP contribution >= 0.6 is 23.2 Å². The van der Waals surface area contributed by atoms with Crippen molar-refractivity contribution in [2.75, 3.05) is 25.0 Å². The molecule has 3 atom stereocenters. The summed E-state index contributed by atoms with van der Waals surface area (Å²) < 4.78 is 0. The molecule has 0 bridgehead atoms. The largest absolute Gasteiger partial charge is 0.465 e. The molecule has 0 aliphatic carbocycles.